The SMILES string of the molecule is CCCCCCCCCCCCCCc1ccc(C(=O)/C(Cl)=C(/Cl)C(=O)O)cc1. The Morgan fingerprint density at radius 1 is 0.724 bits per heavy atom. The molecule has 0 fully saturated rings. The van der Waals surface area contributed by atoms with Crippen LogP contribution in [0, 0.1) is 0 Å². The molecular formula is C24H34Cl2O3. The number of carboxylic acid groups (broad SMARTS) is 1. The van der Waals surface area contributed by atoms with Crippen molar-refractivity contribution in [3.05, 3.63) is 45.5 Å². The predicted octanol–water partition coefficient (Wildman–Crippen LogP) is 7.89. The van der Waals surface area contributed by atoms with Crippen LogP contribution in [0.1, 0.15) is 99.9 Å². The third-order valence-corrected chi connectivity index (χ3v) is 5.92. The van der Waals surface area contributed by atoms with Gasteiger partial charge in [0, 0.05) is 5.56 Å². The van der Waals surface area contributed by atoms with Gasteiger partial charge in [-0.1, -0.05) is 125 Å². The van der Waals surface area contributed by atoms with Crippen molar-refractivity contribution in [3.8, 4) is 0 Å². The number of carboxylic acids is 1. The number of carbonyl (C=O) groups excluding carboxylic acids is 1. The highest BCUT2D eigenvalue weighted by molar-refractivity contribution is 6.54. The van der Waals surface area contributed by atoms with Crippen LogP contribution in [0.25, 0.3) is 0 Å². The first-order valence-corrected chi connectivity index (χ1v) is 11.6. The molecule has 162 valence electrons. The summed E-state index contributed by atoms with van der Waals surface area (Å²) in [6.07, 6.45) is 16.9. The molecule has 0 aliphatic heterocycles. The molecule has 5 heteroatoms. The summed E-state index contributed by atoms with van der Waals surface area (Å²) in [4.78, 5) is 22.9. The lowest BCUT2D eigenvalue weighted by molar-refractivity contribution is -0.131. The molecule has 0 aromatic heterocycles. The van der Waals surface area contributed by atoms with Crippen molar-refractivity contribution in [1.82, 2.24) is 0 Å². The quantitative estimate of drug-likeness (QED) is 0.161. The fraction of sp³-hybridized carbons (Fsp3) is 0.583. The van der Waals surface area contributed by atoms with E-state index in [1.165, 1.54) is 70.6 Å². The summed E-state index contributed by atoms with van der Waals surface area (Å²) in [5.41, 5.74) is 1.51. The molecule has 0 saturated heterocycles. The van der Waals surface area contributed by atoms with E-state index in [1.54, 1.807) is 12.1 Å². The molecule has 29 heavy (non-hydrogen) atoms. The van der Waals surface area contributed by atoms with E-state index in [0.29, 0.717) is 5.56 Å². The first kappa shape index (κ1) is 25.7. The van der Waals surface area contributed by atoms with Crippen LogP contribution in [-0.2, 0) is 11.2 Å². The fourth-order valence-corrected chi connectivity index (χ4v) is 3.59. The highest BCUT2D eigenvalue weighted by Gasteiger charge is 2.18. The van der Waals surface area contributed by atoms with Crippen LogP contribution in [-0.4, -0.2) is 16.9 Å². The number of unbranched alkanes of at least 4 members (excludes halogenated alkanes) is 11. The van der Waals surface area contributed by atoms with Crippen molar-refractivity contribution in [2.45, 2.75) is 90.4 Å². The number of allylic oxidation sites excluding steroid dienone is 1. The third-order valence-electron chi connectivity index (χ3n) is 5.11. The van der Waals surface area contributed by atoms with E-state index in [4.69, 9.17) is 28.3 Å². The van der Waals surface area contributed by atoms with E-state index in [2.05, 4.69) is 6.92 Å². The molecule has 1 aromatic carbocycles. The minimum Gasteiger partial charge on any atom is -0.477 e. The number of hydrogen-bond donors (Lipinski definition) is 1. The van der Waals surface area contributed by atoms with E-state index in [-0.39, 0.29) is 0 Å². The van der Waals surface area contributed by atoms with Crippen LogP contribution in [0.4, 0.5) is 0 Å². The van der Waals surface area contributed by atoms with E-state index in [1.807, 2.05) is 12.1 Å². The molecular weight excluding hydrogens is 407 g/mol. The number of carbonyl (C=O) groups is 2. The van der Waals surface area contributed by atoms with Gasteiger partial charge < -0.3 is 5.11 Å². The topological polar surface area (TPSA) is 54.4 Å². The Labute approximate surface area is 185 Å². The zero-order valence-electron chi connectivity index (χ0n) is 17.5. The van der Waals surface area contributed by atoms with Crippen molar-refractivity contribution >= 4 is 35.0 Å². The second kappa shape index (κ2) is 15.5. The molecule has 0 spiro atoms. The maximum absolute atomic E-state index is 12.1. The molecule has 0 aliphatic carbocycles. The fourth-order valence-electron chi connectivity index (χ4n) is 3.31. The largest absolute Gasteiger partial charge is 0.477 e. The molecule has 0 heterocycles. The Kier molecular flexibility index (Phi) is 13.8. The number of rotatable bonds is 16. The van der Waals surface area contributed by atoms with Crippen molar-refractivity contribution in [2.24, 2.45) is 0 Å². The summed E-state index contributed by atoms with van der Waals surface area (Å²) in [7, 11) is 0. The molecule has 1 aromatic rings. The van der Waals surface area contributed by atoms with Gasteiger partial charge >= 0.3 is 5.97 Å². The lowest BCUT2D eigenvalue weighted by Gasteiger charge is -2.05. The predicted molar refractivity (Wildman–Crippen MR) is 122 cm³/mol. The molecule has 0 saturated carbocycles. The van der Waals surface area contributed by atoms with Gasteiger partial charge in [0.15, 0.2) is 0 Å². The number of Topliss-reactive ketones (excluding diaryl/α,β-unsaturated/α-hetero) is 1. The maximum atomic E-state index is 12.1. The molecule has 0 radical (unpaired) electrons. The van der Waals surface area contributed by atoms with E-state index >= 15 is 0 Å². The maximum Gasteiger partial charge on any atom is 0.349 e. The summed E-state index contributed by atoms with van der Waals surface area (Å²) in [5.74, 6) is -1.98. The second-order valence-electron chi connectivity index (χ2n) is 7.60. The average Bonchev–Trinajstić information content (AvgIpc) is 2.73. The van der Waals surface area contributed by atoms with Crippen molar-refractivity contribution < 1.29 is 14.7 Å². The van der Waals surface area contributed by atoms with Gasteiger partial charge in [-0.2, -0.15) is 0 Å². The van der Waals surface area contributed by atoms with E-state index < -0.39 is 21.8 Å². The lowest BCUT2D eigenvalue weighted by Crippen LogP contribution is -2.05. The van der Waals surface area contributed by atoms with Crippen molar-refractivity contribution in [2.75, 3.05) is 0 Å². The molecule has 1 rings (SSSR count). The van der Waals surface area contributed by atoms with E-state index in [0.717, 1.165) is 18.4 Å². The number of hydrogen-bond acceptors (Lipinski definition) is 2. The first-order chi connectivity index (χ1) is 14.0. The summed E-state index contributed by atoms with van der Waals surface area (Å²) in [5, 5.41) is 7.69. The Balaban J connectivity index is 2.18. The standard InChI is InChI=1S/C24H34Cl2O3/c1-2-3-4-5-6-7-8-9-10-11-12-13-14-19-15-17-20(18-16-19)23(27)21(25)22(26)24(28)29/h15-18H,2-14H2,1H3,(H,28,29)/b22-21-. The smallest absolute Gasteiger partial charge is 0.349 e. The summed E-state index contributed by atoms with van der Waals surface area (Å²) in [6, 6.07) is 7.13. The molecule has 0 bridgehead atoms. The normalized spacial score (nSPS) is 12.0. The monoisotopic (exact) mass is 440 g/mol. The van der Waals surface area contributed by atoms with Gasteiger partial charge in [-0.3, -0.25) is 4.79 Å². The van der Waals surface area contributed by atoms with Gasteiger partial charge in [-0.15, -0.1) is 0 Å². The van der Waals surface area contributed by atoms with Gasteiger partial charge in [0.1, 0.15) is 10.1 Å². The Morgan fingerprint density at radius 3 is 1.62 bits per heavy atom. The van der Waals surface area contributed by atoms with Crippen LogP contribution < -0.4 is 0 Å². The van der Waals surface area contributed by atoms with Gasteiger partial charge in [0.2, 0.25) is 5.78 Å². The zero-order chi connectivity index (χ0) is 21.5. The number of benzene rings is 1. The van der Waals surface area contributed by atoms with Gasteiger partial charge in [0.25, 0.3) is 0 Å². The summed E-state index contributed by atoms with van der Waals surface area (Å²) < 4.78 is 0. The van der Waals surface area contributed by atoms with Crippen LogP contribution in [0.5, 0.6) is 0 Å². The minimum atomic E-state index is -1.41. The number of ketones is 1. The highest BCUT2D eigenvalue weighted by atomic mass is 35.5. The average molecular weight is 441 g/mol. The van der Waals surface area contributed by atoms with Gasteiger partial charge in [0.05, 0.1) is 0 Å². The van der Waals surface area contributed by atoms with E-state index in [9.17, 15) is 9.59 Å². The highest BCUT2D eigenvalue weighted by Crippen LogP contribution is 2.20. The molecule has 0 aliphatic rings. The number of halogens is 2. The van der Waals surface area contributed by atoms with Gasteiger partial charge in [-0.25, -0.2) is 4.79 Å². The first-order valence-electron chi connectivity index (χ1n) is 10.9. The van der Waals surface area contributed by atoms with Crippen LogP contribution >= 0.6 is 23.2 Å². The molecule has 0 amide bonds. The van der Waals surface area contributed by atoms with Crippen molar-refractivity contribution in [1.29, 1.82) is 0 Å². The molecule has 0 atom stereocenters. The Morgan fingerprint density at radius 2 is 1.17 bits per heavy atom. The molecule has 0 unspecified atom stereocenters. The Bertz CT molecular complexity index is 651. The number of aryl methyl sites for hydroxylation is 1. The second-order valence-corrected chi connectivity index (χ2v) is 8.35. The van der Waals surface area contributed by atoms with Crippen molar-refractivity contribution in [3.63, 3.8) is 0 Å². The zero-order valence-corrected chi connectivity index (χ0v) is 19.0. The van der Waals surface area contributed by atoms with Crippen LogP contribution in [0.15, 0.2) is 34.3 Å². The summed E-state index contributed by atoms with van der Waals surface area (Å²) >= 11 is 11.3. The molecule has 1 N–H and O–H groups in total. The number of aliphatic carboxylic acids is 1. The van der Waals surface area contributed by atoms with Crippen LogP contribution in [0.2, 0.25) is 0 Å². The minimum absolute atomic E-state index is 0.341. The Hall–Kier alpha value is -1.32. The summed E-state index contributed by atoms with van der Waals surface area (Å²) in [6.45, 7) is 2.26. The third kappa shape index (κ3) is 10.9. The van der Waals surface area contributed by atoms with Crippen LogP contribution in [0.3, 0.4) is 0 Å². The van der Waals surface area contributed by atoms with Gasteiger partial charge in [-0.05, 0) is 18.4 Å². The lowest BCUT2D eigenvalue weighted by atomic mass is 10.0. The molecule has 3 nitrogen and oxygen atoms in total.